The zero-order chi connectivity index (χ0) is 24.7. The molecule has 0 aliphatic carbocycles. The van der Waals surface area contributed by atoms with Crippen LogP contribution in [0.1, 0.15) is 41.0 Å². The van der Waals surface area contributed by atoms with Crippen molar-refractivity contribution in [2.75, 3.05) is 59.4 Å². The van der Waals surface area contributed by atoms with Crippen molar-refractivity contribution in [1.82, 2.24) is 24.5 Å². The van der Waals surface area contributed by atoms with Crippen molar-refractivity contribution >= 4 is 11.8 Å². The summed E-state index contributed by atoms with van der Waals surface area (Å²) in [6.07, 6.45) is 3.74. The van der Waals surface area contributed by atoms with Crippen LogP contribution in [0.25, 0.3) is 0 Å². The van der Waals surface area contributed by atoms with E-state index in [1.54, 1.807) is 4.90 Å². The summed E-state index contributed by atoms with van der Waals surface area (Å²) in [5.74, 6) is -1.15. The van der Waals surface area contributed by atoms with Crippen LogP contribution in [0.4, 0.5) is 4.39 Å². The van der Waals surface area contributed by atoms with Gasteiger partial charge in [0.15, 0.2) is 5.83 Å². The Morgan fingerprint density at radius 2 is 1.79 bits per heavy atom. The van der Waals surface area contributed by atoms with Gasteiger partial charge in [0.1, 0.15) is 0 Å². The van der Waals surface area contributed by atoms with Crippen LogP contribution in [0, 0.1) is 0 Å². The lowest BCUT2D eigenvalue weighted by Crippen LogP contribution is -2.56. The molecule has 2 heterocycles. The molecule has 0 saturated carbocycles. The van der Waals surface area contributed by atoms with Crippen LogP contribution < -0.4 is 0 Å². The predicted molar refractivity (Wildman–Crippen MR) is 132 cm³/mol. The van der Waals surface area contributed by atoms with Crippen molar-refractivity contribution in [3.05, 3.63) is 24.6 Å². The third kappa shape index (κ3) is 7.62. The average molecular weight is 466 g/mol. The smallest absolute Gasteiger partial charge is 0.282 e. The summed E-state index contributed by atoms with van der Waals surface area (Å²) >= 11 is 0. The fourth-order valence-corrected chi connectivity index (χ4v) is 4.91. The maximum absolute atomic E-state index is 14.6. The summed E-state index contributed by atoms with van der Waals surface area (Å²) < 4.78 is 14.6. The van der Waals surface area contributed by atoms with Gasteiger partial charge in [-0.15, -0.1) is 0 Å². The quantitative estimate of drug-likeness (QED) is 0.489. The van der Waals surface area contributed by atoms with Gasteiger partial charge in [-0.1, -0.05) is 6.58 Å². The topological polar surface area (TPSA) is 50.3 Å². The molecule has 2 amide bonds. The summed E-state index contributed by atoms with van der Waals surface area (Å²) in [5.41, 5.74) is 0. The van der Waals surface area contributed by atoms with Gasteiger partial charge in [0.05, 0.1) is 0 Å². The van der Waals surface area contributed by atoms with Gasteiger partial charge in [0.2, 0.25) is 5.91 Å². The third-order valence-corrected chi connectivity index (χ3v) is 7.08. The normalized spacial score (nSPS) is 24.5. The van der Waals surface area contributed by atoms with Crippen LogP contribution in [0.3, 0.4) is 0 Å². The molecule has 7 nitrogen and oxygen atoms in total. The van der Waals surface area contributed by atoms with Crippen LogP contribution in [-0.4, -0.2) is 120 Å². The molecule has 0 N–H and O–H groups in total. The molecule has 2 rings (SSSR count). The summed E-state index contributed by atoms with van der Waals surface area (Å²) in [6, 6.07) is 1.19. The first-order valence-corrected chi connectivity index (χ1v) is 12.3. The van der Waals surface area contributed by atoms with Gasteiger partial charge in [-0.2, -0.15) is 0 Å². The summed E-state index contributed by atoms with van der Waals surface area (Å²) in [4.78, 5) is 34.8. The van der Waals surface area contributed by atoms with Crippen LogP contribution in [-0.2, 0) is 9.59 Å². The van der Waals surface area contributed by atoms with E-state index in [9.17, 15) is 14.0 Å². The van der Waals surface area contributed by atoms with Gasteiger partial charge in [-0.3, -0.25) is 19.4 Å². The van der Waals surface area contributed by atoms with Crippen LogP contribution >= 0.6 is 0 Å². The van der Waals surface area contributed by atoms with Crippen molar-refractivity contribution in [3.8, 4) is 0 Å². The highest BCUT2D eigenvalue weighted by atomic mass is 19.1. The second kappa shape index (κ2) is 12.6. The highest BCUT2D eigenvalue weighted by Crippen LogP contribution is 2.17. The molecule has 2 aliphatic heterocycles. The maximum atomic E-state index is 14.6. The Morgan fingerprint density at radius 1 is 1.09 bits per heavy atom. The van der Waals surface area contributed by atoms with Gasteiger partial charge in [-0.25, -0.2) is 4.39 Å². The largest absolute Gasteiger partial charge is 0.334 e. The molecule has 2 fully saturated rings. The molecule has 0 bridgehead atoms. The van der Waals surface area contributed by atoms with Crippen molar-refractivity contribution in [2.45, 2.75) is 65.2 Å². The Balaban J connectivity index is 1.75. The SMILES string of the molecule is C=CC(=O)N1CCN(C(C)CCN(C)C/C=C(\F)C(=O)N2CCN(C(C)C)C(C)C2)CC1C. The minimum atomic E-state index is -0.656. The highest BCUT2D eigenvalue weighted by molar-refractivity contribution is 5.91. The average Bonchev–Trinajstić information content (AvgIpc) is 2.79. The first kappa shape index (κ1) is 27.5. The number of likely N-dealkylation sites (N-methyl/N-ethyl adjacent to an activating group) is 1. The van der Waals surface area contributed by atoms with E-state index in [4.69, 9.17) is 0 Å². The number of nitrogens with zero attached hydrogens (tertiary/aromatic N) is 5. The zero-order valence-corrected chi connectivity index (χ0v) is 21.5. The number of carbonyl (C=O) groups excluding carboxylic acids is 2. The first-order chi connectivity index (χ1) is 15.5. The zero-order valence-electron chi connectivity index (χ0n) is 21.5. The molecule has 8 heteroatoms. The number of halogens is 1. The van der Waals surface area contributed by atoms with E-state index in [1.807, 2.05) is 16.8 Å². The van der Waals surface area contributed by atoms with E-state index < -0.39 is 11.7 Å². The van der Waals surface area contributed by atoms with Crippen LogP contribution in [0.15, 0.2) is 24.6 Å². The lowest BCUT2D eigenvalue weighted by molar-refractivity contribution is -0.132. The standard InChI is InChI=1S/C25H44FN5O2/c1-8-24(32)31-16-13-28(17-22(31)6)20(4)9-11-27(7)12-10-23(26)25(33)29-14-15-30(19(2)3)21(5)18-29/h8,10,19-22H,1,9,11-18H2,2-7H3/b23-10-. The van der Waals surface area contributed by atoms with E-state index in [0.29, 0.717) is 38.3 Å². The van der Waals surface area contributed by atoms with Gasteiger partial charge >= 0.3 is 0 Å². The Morgan fingerprint density at radius 3 is 2.36 bits per heavy atom. The van der Waals surface area contributed by atoms with E-state index in [1.165, 1.54) is 12.2 Å². The predicted octanol–water partition coefficient (Wildman–Crippen LogP) is 2.21. The minimum absolute atomic E-state index is 0.00541. The van der Waals surface area contributed by atoms with E-state index in [2.05, 4.69) is 51.0 Å². The van der Waals surface area contributed by atoms with Crippen molar-refractivity contribution < 1.29 is 14.0 Å². The monoisotopic (exact) mass is 465 g/mol. The Labute approximate surface area is 199 Å². The minimum Gasteiger partial charge on any atom is -0.334 e. The molecule has 0 aromatic heterocycles. The van der Waals surface area contributed by atoms with Crippen LogP contribution in [0.2, 0.25) is 0 Å². The van der Waals surface area contributed by atoms with E-state index in [0.717, 1.165) is 32.6 Å². The third-order valence-electron chi connectivity index (χ3n) is 7.08. The van der Waals surface area contributed by atoms with Gasteiger partial charge in [-0.05, 0) is 66.8 Å². The molecule has 3 unspecified atom stereocenters. The fraction of sp³-hybridized carbons (Fsp3) is 0.760. The maximum Gasteiger partial charge on any atom is 0.282 e. The molecule has 2 saturated heterocycles. The van der Waals surface area contributed by atoms with Gasteiger partial charge in [0.25, 0.3) is 5.91 Å². The van der Waals surface area contributed by atoms with Gasteiger partial charge < -0.3 is 14.7 Å². The molecular weight excluding hydrogens is 421 g/mol. The van der Waals surface area contributed by atoms with E-state index in [-0.39, 0.29) is 18.0 Å². The molecule has 3 atom stereocenters. The molecule has 2 aliphatic rings. The number of hydrogen-bond donors (Lipinski definition) is 0. The summed E-state index contributed by atoms with van der Waals surface area (Å²) in [6.45, 7) is 19.8. The summed E-state index contributed by atoms with van der Waals surface area (Å²) in [5, 5.41) is 0. The number of piperazine rings is 2. The van der Waals surface area contributed by atoms with Gasteiger partial charge in [0, 0.05) is 70.0 Å². The van der Waals surface area contributed by atoms with E-state index >= 15 is 0 Å². The molecular formula is C25H44FN5O2. The Hall–Kier alpha value is -1.77. The Bertz CT molecular complexity index is 713. The fourth-order valence-electron chi connectivity index (χ4n) is 4.91. The number of carbonyl (C=O) groups is 2. The number of hydrogen-bond acceptors (Lipinski definition) is 5. The molecule has 33 heavy (non-hydrogen) atoms. The molecule has 0 radical (unpaired) electrons. The molecule has 188 valence electrons. The highest BCUT2D eigenvalue weighted by Gasteiger charge is 2.30. The summed E-state index contributed by atoms with van der Waals surface area (Å²) in [7, 11) is 1.95. The van der Waals surface area contributed by atoms with Crippen molar-refractivity contribution in [1.29, 1.82) is 0 Å². The number of rotatable bonds is 9. The lowest BCUT2D eigenvalue weighted by Gasteiger charge is -2.42. The lowest BCUT2D eigenvalue weighted by atomic mass is 10.1. The molecule has 0 aromatic carbocycles. The number of amides is 2. The van der Waals surface area contributed by atoms with Crippen molar-refractivity contribution in [2.24, 2.45) is 0 Å². The first-order valence-electron chi connectivity index (χ1n) is 12.3. The molecule has 0 aromatic rings. The van der Waals surface area contributed by atoms with Crippen LogP contribution in [0.5, 0.6) is 0 Å². The molecule has 0 spiro atoms. The second-order valence-electron chi connectivity index (χ2n) is 9.96. The second-order valence-corrected chi connectivity index (χ2v) is 9.96. The Kier molecular flexibility index (Phi) is 10.5. The van der Waals surface area contributed by atoms with Crippen molar-refractivity contribution in [3.63, 3.8) is 0 Å².